The van der Waals surface area contributed by atoms with Crippen molar-refractivity contribution in [3.63, 3.8) is 0 Å². The van der Waals surface area contributed by atoms with Crippen molar-refractivity contribution in [3.8, 4) is 0 Å². The molecule has 1 atom stereocenters. The van der Waals surface area contributed by atoms with Crippen LogP contribution in [0.15, 0.2) is 42.5 Å². The highest BCUT2D eigenvalue weighted by molar-refractivity contribution is 6.39. The molecular formula is C20H24N2O2. The third kappa shape index (κ3) is 4.69. The van der Waals surface area contributed by atoms with Gasteiger partial charge in [0.1, 0.15) is 0 Å². The standard InChI is InChI=1S/C20H24N2O2/c1-5-16-6-8-17(9-7-16)15(4)21-19(23)20(24)22-18-11-13(2)10-14(3)12-18/h6-12,15H,5H2,1-4H3,(H,21,23)(H,22,24). The van der Waals surface area contributed by atoms with Crippen LogP contribution in [0.4, 0.5) is 5.69 Å². The summed E-state index contributed by atoms with van der Waals surface area (Å²) in [6.45, 7) is 7.86. The molecule has 1 unspecified atom stereocenters. The zero-order chi connectivity index (χ0) is 17.7. The predicted octanol–water partition coefficient (Wildman–Crippen LogP) is 3.68. The average molecular weight is 324 g/mol. The van der Waals surface area contributed by atoms with Crippen LogP contribution in [0.3, 0.4) is 0 Å². The molecule has 0 bridgehead atoms. The Balaban J connectivity index is 1.98. The van der Waals surface area contributed by atoms with Crippen molar-refractivity contribution < 1.29 is 9.59 Å². The van der Waals surface area contributed by atoms with Crippen molar-refractivity contribution >= 4 is 17.5 Å². The molecule has 0 saturated carbocycles. The first-order valence-corrected chi connectivity index (χ1v) is 8.18. The molecule has 0 aliphatic heterocycles. The molecule has 4 nitrogen and oxygen atoms in total. The molecule has 0 aliphatic rings. The smallest absolute Gasteiger partial charge is 0.313 e. The summed E-state index contributed by atoms with van der Waals surface area (Å²) in [4.78, 5) is 24.2. The van der Waals surface area contributed by atoms with Gasteiger partial charge in [-0.05, 0) is 61.6 Å². The maximum absolute atomic E-state index is 12.1. The lowest BCUT2D eigenvalue weighted by atomic mass is 10.0. The van der Waals surface area contributed by atoms with Gasteiger partial charge in [0.25, 0.3) is 0 Å². The lowest BCUT2D eigenvalue weighted by Crippen LogP contribution is -2.36. The zero-order valence-electron chi connectivity index (χ0n) is 14.6. The Morgan fingerprint density at radius 1 is 0.958 bits per heavy atom. The van der Waals surface area contributed by atoms with Gasteiger partial charge in [-0.2, -0.15) is 0 Å². The van der Waals surface area contributed by atoms with Gasteiger partial charge >= 0.3 is 11.8 Å². The van der Waals surface area contributed by atoms with E-state index in [-0.39, 0.29) is 6.04 Å². The highest BCUT2D eigenvalue weighted by Crippen LogP contribution is 2.15. The average Bonchev–Trinajstić information content (AvgIpc) is 2.53. The number of nitrogens with one attached hydrogen (secondary N) is 2. The molecule has 2 aromatic carbocycles. The lowest BCUT2D eigenvalue weighted by Gasteiger charge is -2.15. The Kier molecular flexibility index (Phi) is 5.74. The molecule has 2 aromatic rings. The number of carbonyl (C=O) groups is 2. The number of hydrogen-bond acceptors (Lipinski definition) is 2. The Bertz CT molecular complexity index is 716. The zero-order valence-corrected chi connectivity index (χ0v) is 14.6. The van der Waals surface area contributed by atoms with E-state index in [4.69, 9.17) is 0 Å². The minimum Gasteiger partial charge on any atom is -0.341 e. The molecule has 2 rings (SSSR count). The van der Waals surface area contributed by atoms with Crippen LogP contribution in [0.25, 0.3) is 0 Å². The van der Waals surface area contributed by atoms with Gasteiger partial charge in [-0.3, -0.25) is 9.59 Å². The van der Waals surface area contributed by atoms with E-state index in [0.29, 0.717) is 5.69 Å². The second kappa shape index (κ2) is 7.77. The van der Waals surface area contributed by atoms with Gasteiger partial charge in [-0.25, -0.2) is 0 Å². The molecular weight excluding hydrogens is 300 g/mol. The van der Waals surface area contributed by atoms with Crippen LogP contribution >= 0.6 is 0 Å². The van der Waals surface area contributed by atoms with Gasteiger partial charge < -0.3 is 10.6 Å². The molecule has 0 heterocycles. The number of amides is 2. The first-order chi connectivity index (χ1) is 11.4. The van der Waals surface area contributed by atoms with Crippen molar-refractivity contribution in [2.75, 3.05) is 5.32 Å². The van der Waals surface area contributed by atoms with E-state index < -0.39 is 11.8 Å². The molecule has 2 amide bonds. The van der Waals surface area contributed by atoms with E-state index >= 15 is 0 Å². The van der Waals surface area contributed by atoms with Crippen molar-refractivity contribution in [2.45, 2.75) is 40.2 Å². The molecule has 24 heavy (non-hydrogen) atoms. The SMILES string of the molecule is CCc1ccc(C(C)NC(=O)C(=O)Nc2cc(C)cc(C)c2)cc1. The van der Waals surface area contributed by atoms with Crippen LogP contribution in [0, 0.1) is 13.8 Å². The van der Waals surface area contributed by atoms with Gasteiger partial charge in [0, 0.05) is 5.69 Å². The van der Waals surface area contributed by atoms with Gasteiger partial charge in [0.05, 0.1) is 6.04 Å². The highest BCUT2D eigenvalue weighted by atomic mass is 16.2. The molecule has 0 fully saturated rings. The van der Waals surface area contributed by atoms with Gasteiger partial charge in [0.15, 0.2) is 0 Å². The Hall–Kier alpha value is -2.62. The summed E-state index contributed by atoms with van der Waals surface area (Å²) in [5.41, 5.74) is 4.92. The quantitative estimate of drug-likeness (QED) is 0.843. The third-order valence-corrected chi connectivity index (χ3v) is 3.92. The van der Waals surface area contributed by atoms with Crippen molar-refractivity contribution in [3.05, 3.63) is 64.7 Å². The molecule has 0 saturated heterocycles. The van der Waals surface area contributed by atoms with Crippen LogP contribution < -0.4 is 10.6 Å². The first-order valence-electron chi connectivity index (χ1n) is 8.18. The normalized spacial score (nSPS) is 11.7. The largest absolute Gasteiger partial charge is 0.341 e. The maximum Gasteiger partial charge on any atom is 0.313 e. The Morgan fingerprint density at radius 3 is 2.08 bits per heavy atom. The highest BCUT2D eigenvalue weighted by Gasteiger charge is 2.17. The van der Waals surface area contributed by atoms with E-state index in [9.17, 15) is 9.59 Å². The molecule has 126 valence electrons. The maximum atomic E-state index is 12.1. The fraction of sp³-hybridized carbons (Fsp3) is 0.300. The predicted molar refractivity (Wildman–Crippen MR) is 96.9 cm³/mol. The topological polar surface area (TPSA) is 58.2 Å². The fourth-order valence-corrected chi connectivity index (χ4v) is 2.62. The number of aryl methyl sites for hydroxylation is 3. The molecule has 0 radical (unpaired) electrons. The van der Waals surface area contributed by atoms with Gasteiger partial charge in [0.2, 0.25) is 0 Å². The number of hydrogen-bond donors (Lipinski definition) is 2. The summed E-state index contributed by atoms with van der Waals surface area (Å²) in [6.07, 6.45) is 0.972. The second-order valence-electron chi connectivity index (χ2n) is 6.12. The van der Waals surface area contributed by atoms with Crippen molar-refractivity contribution in [1.29, 1.82) is 0 Å². The summed E-state index contributed by atoms with van der Waals surface area (Å²) in [5, 5.41) is 5.38. The lowest BCUT2D eigenvalue weighted by molar-refractivity contribution is -0.136. The van der Waals surface area contributed by atoms with E-state index in [1.165, 1.54) is 5.56 Å². The first kappa shape index (κ1) is 17.7. The number of carbonyl (C=O) groups excluding carboxylic acids is 2. The monoisotopic (exact) mass is 324 g/mol. The van der Waals surface area contributed by atoms with Crippen LogP contribution in [-0.2, 0) is 16.0 Å². The van der Waals surface area contributed by atoms with Gasteiger partial charge in [-0.1, -0.05) is 37.3 Å². The third-order valence-electron chi connectivity index (χ3n) is 3.92. The minimum absolute atomic E-state index is 0.228. The van der Waals surface area contributed by atoms with Crippen LogP contribution in [0.2, 0.25) is 0 Å². The van der Waals surface area contributed by atoms with E-state index in [2.05, 4.69) is 17.6 Å². The minimum atomic E-state index is -0.656. The molecule has 0 aromatic heterocycles. The van der Waals surface area contributed by atoms with Crippen molar-refractivity contribution in [2.24, 2.45) is 0 Å². The molecule has 0 spiro atoms. The number of benzene rings is 2. The van der Waals surface area contributed by atoms with Crippen LogP contribution in [0.5, 0.6) is 0 Å². The number of rotatable bonds is 4. The number of anilines is 1. The summed E-state index contributed by atoms with van der Waals surface area (Å²) in [7, 11) is 0. The Morgan fingerprint density at radius 2 is 1.54 bits per heavy atom. The summed E-state index contributed by atoms with van der Waals surface area (Å²) in [5.74, 6) is -1.29. The van der Waals surface area contributed by atoms with Gasteiger partial charge in [-0.15, -0.1) is 0 Å². The Labute approximate surface area is 143 Å². The molecule has 0 aliphatic carbocycles. The summed E-state index contributed by atoms with van der Waals surface area (Å²) >= 11 is 0. The van der Waals surface area contributed by atoms with Crippen molar-refractivity contribution in [1.82, 2.24) is 5.32 Å². The fourth-order valence-electron chi connectivity index (χ4n) is 2.62. The van der Waals surface area contributed by atoms with E-state index in [1.807, 2.05) is 63.2 Å². The molecule has 2 N–H and O–H groups in total. The summed E-state index contributed by atoms with van der Waals surface area (Å²) in [6, 6.07) is 13.5. The van der Waals surface area contributed by atoms with E-state index in [1.54, 1.807) is 0 Å². The summed E-state index contributed by atoms with van der Waals surface area (Å²) < 4.78 is 0. The molecule has 4 heteroatoms. The van der Waals surface area contributed by atoms with E-state index in [0.717, 1.165) is 23.1 Å². The second-order valence-corrected chi connectivity index (χ2v) is 6.12. The van der Waals surface area contributed by atoms with Crippen LogP contribution in [-0.4, -0.2) is 11.8 Å². The van der Waals surface area contributed by atoms with Crippen LogP contribution in [0.1, 0.15) is 42.1 Å².